The number of amides is 2. The summed E-state index contributed by atoms with van der Waals surface area (Å²) >= 11 is 0. The Morgan fingerprint density at radius 3 is 2.88 bits per heavy atom. The Labute approximate surface area is 156 Å². The average Bonchev–Trinajstić information content (AvgIpc) is 3.11. The molecule has 2 amide bonds. The van der Waals surface area contributed by atoms with Gasteiger partial charge in [0.2, 0.25) is 5.91 Å². The van der Waals surface area contributed by atoms with E-state index in [-0.39, 0.29) is 17.2 Å². The maximum Gasteiger partial charge on any atom is 0.257 e. The summed E-state index contributed by atoms with van der Waals surface area (Å²) in [6, 6.07) is 0. The number of aromatic nitrogens is 2. The van der Waals surface area contributed by atoms with Gasteiger partial charge in [-0.2, -0.15) is 5.10 Å². The van der Waals surface area contributed by atoms with Crippen LogP contribution in [0.1, 0.15) is 68.9 Å². The zero-order valence-corrected chi connectivity index (χ0v) is 16.4. The normalized spacial score (nSPS) is 23.9. The number of hydrogen-bond acceptors (Lipinski definition) is 3. The van der Waals surface area contributed by atoms with Gasteiger partial charge in [0.15, 0.2) is 0 Å². The van der Waals surface area contributed by atoms with Crippen LogP contribution < -0.4 is 0 Å². The molecule has 2 fully saturated rings. The van der Waals surface area contributed by atoms with E-state index in [1.165, 1.54) is 0 Å². The van der Waals surface area contributed by atoms with Crippen LogP contribution in [0.15, 0.2) is 6.20 Å². The Balaban J connectivity index is 1.70. The van der Waals surface area contributed by atoms with Crippen LogP contribution in [-0.4, -0.2) is 58.0 Å². The quantitative estimate of drug-likeness (QED) is 0.878. The summed E-state index contributed by atoms with van der Waals surface area (Å²) in [6.07, 6.45) is 7.11. The Kier molecular flexibility index (Phi) is 5.68. The first kappa shape index (κ1) is 18.9. The van der Waals surface area contributed by atoms with Crippen LogP contribution in [0.2, 0.25) is 0 Å². The Bertz CT molecular complexity index is 654. The number of hydrogen-bond donors (Lipinski definition) is 1. The van der Waals surface area contributed by atoms with Crippen molar-refractivity contribution in [2.45, 2.75) is 59.3 Å². The second kappa shape index (κ2) is 7.80. The average molecular weight is 361 g/mol. The van der Waals surface area contributed by atoms with Gasteiger partial charge in [-0.15, -0.1) is 0 Å². The minimum atomic E-state index is 0.0644. The second-order valence-corrected chi connectivity index (χ2v) is 8.44. The third-order valence-electron chi connectivity index (χ3n) is 5.98. The molecule has 0 aliphatic carbocycles. The number of carbonyl (C=O) groups is 2. The molecule has 1 aromatic heterocycles. The molecule has 2 saturated heterocycles. The van der Waals surface area contributed by atoms with E-state index < -0.39 is 0 Å². The predicted octanol–water partition coefficient (Wildman–Crippen LogP) is 2.86. The van der Waals surface area contributed by atoms with E-state index in [0.29, 0.717) is 17.9 Å². The van der Waals surface area contributed by atoms with E-state index in [4.69, 9.17) is 0 Å². The van der Waals surface area contributed by atoms with Crippen LogP contribution in [0.25, 0.3) is 0 Å². The van der Waals surface area contributed by atoms with Gasteiger partial charge in [-0.05, 0) is 38.0 Å². The monoisotopic (exact) mass is 360 g/mol. The Morgan fingerprint density at radius 2 is 2.15 bits per heavy atom. The lowest BCUT2D eigenvalue weighted by molar-refractivity contribution is -0.139. The third kappa shape index (κ3) is 3.94. The first-order valence-electron chi connectivity index (χ1n) is 10.0. The molecule has 0 radical (unpaired) electrons. The number of rotatable bonds is 5. The van der Waals surface area contributed by atoms with Crippen LogP contribution >= 0.6 is 0 Å². The van der Waals surface area contributed by atoms with Crippen molar-refractivity contribution in [1.82, 2.24) is 20.0 Å². The topological polar surface area (TPSA) is 69.3 Å². The molecular formula is C20H32N4O2. The molecule has 6 heteroatoms. The van der Waals surface area contributed by atoms with Crippen molar-refractivity contribution in [3.05, 3.63) is 17.5 Å². The van der Waals surface area contributed by atoms with E-state index in [2.05, 4.69) is 24.0 Å². The van der Waals surface area contributed by atoms with Crippen molar-refractivity contribution in [2.24, 2.45) is 11.3 Å². The molecule has 144 valence electrons. The van der Waals surface area contributed by atoms with E-state index in [1.807, 2.05) is 16.7 Å². The van der Waals surface area contributed by atoms with Crippen LogP contribution in [0, 0.1) is 11.3 Å². The van der Waals surface area contributed by atoms with Crippen molar-refractivity contribution in [1.29, 1.82) is 0 Å². The Hall–Kier alpha value is -1.85. The van der Waals surface area contributed by atoms with Crippen LogP contribution in [0.4, 0.5) is 0 Å². The van der Waals surface area contributed by atoms with Gasteiger partial charge >= 0.3 is 0 Å². The number of carbonyl (C=O) groups excluding carboxylic acids is 2. The van der Waals surface area contributed by atoms with Gasteiger partial charge in [-0.25, -0.2) is 0 Å². The lowest BCUT2D eigenvalue weighted by Crippen LogP contribution is -2.55. The molecule has 3 rings (SSSR count). The maximum absolute atomic E-state index is 13.0. The zero-order valence-electron chi connectivity index (χ0n) is 16.4. The van der Waals surface area contributed by atoms with Gasteiger partial charge in [-0.3, -0.25) is 14.7 Å². The molecule has 1 spiro atoms. The van der Waals surface area contributed by atoms with E-state index in [0.717, 1.165) is 64.0 Å². The first-order chi connectivity index (χ1) is 12.4. The fourth-order valence-electron chi connectivity index (χ4n) is 4.37. The van der Waals surface area contributed by atoms with Crippen molar-refractivity contribution in [3.63, 3.8) is 0 Å². The van der Waals surface area contributed by atoms with Gasteiger partial charge in [0.05, 0.1) is 11.8 Å². The molecule has 2 aliphatic rings. The smallest absolute Gasteiger partial charge is 0.257 e. The molecule has 2 aliphatic heterocycles. The van der Waals surface area contributed by atoms with E-state index in [9.17, 15) is 9.59 Å². The lowest BCUT2D eigenvalue weighted by Gasteiger charge is -2.48. The minimum absolute atomic E-state index is 0.0644. The molecule has 26 heavy (non-hydrogen) atoms. The second-order valence-electron chi connectivity index (χ2n) is 8.44. The SMILES string of the molecule is CCc1[nH]ncc1C(=O)N1CCC[C@]2(CCC(=O)N(CCC(C)C)C2)C1. The zero-order chi connectivity index (χ0) is 18.7. The van der Waals surface area contributed by atoms with Crippen molar-refractivity contribution in [2.75, 3.05) is 26.2 Å². The van der Waals surface area contributed by atoms with Crippen molar-refractivity contribution >= 4 is 11.8 Å². The highest BCUT2D eigenvalue weighted by Crippen LogP contribution is 2.39. The van der Waals surface area contributed by atoms with Gasteiger partial charge in [0, 0.05) is 43.7 Å². The predicted molar refractivity (Wildman–Crippen MR) is 101 cm³/mol. The molecule has 0 bridgehead atoms. The van der Waals surface area contributed by atoms with Gasteiger partial charge in [0.25, 0.3) is 5.91 Å². The summed E-state index contributed by atoms with van der Waals surface area (Å²) in [5, 5.41) is 6.99. The van der Waals surface area contributed by atoms with E-state index >= 15 is 0 Å². The number of nitrogens with zero attached hydrogens (tertiary/aromatic N) is 3. The summed E-state index contributed by atoms with van der Waals surface area (Å²) in [4.78, 5) is 29.4. The highest BCUT2D eigenvalue weighted by molar-refractivity contribution is 5.95. The highest BCUT2D eigenvalue weighted by atomic mass is 16.2. The highest BCUT2D eigenvalue weighted by Gasteiger charge is 2.43. The standard InChI is InChI=1S/C20H32N4O2/c1-4-17-16(12-21-22-17)19(26)24-10-5-8-20(14-24)9-6-18(25)23(13-20)11-7-15(2)3/h12,15H,4-11,13-14H2,1-3H3,(H,21,22)/t20-/m1/s1. The van der Waals surface area contributed by atoms with Crippen molar-refractivity contribution < 1.29 is 9.59 Å². The maximum atomic E-state index is 13.0. The van der Waals surface area contributed by atoms with Crippen LogP contribution in [-0.2, 0) is 11.2 Å². The summed E-state index contributed by atoms with van der Waals surface area (Å²) in [7, 11) is 0. The molecule has 0 aromatic carbocycles. The molecule has 1 atom stereocenters. The summed E-state index contributed by atoms with van der Waals surface area (Å²) in [5.41, 5.74) is 1.68. The molecule has 6 nitrogen and oxygen atoms in total. The van der Waals surface area contributed by atoms with Gasteiger partial charge in [0.1, 0.15) is 0 Å². The van der Waals surface area contributed by atoms with Gasteiger partial charge in [-0.1, -0.05) is 20.8 Å². The van der Waals surface area contributed by atoms with Crippen LogP contribution in [0.3, 0.4) is 0 Å². The largest absolute Gasteiger partial charge is 0.342 e. The fraction of sp³-hybridized carbons (Fsp3) is 0.750. The molecule has 1 aromatic rings. The Morgan fingerprint density at radius 1 is 1.35 bits per heavy atom. The molecule has 3 heterocycles. The molecule has 0 saturated carbocycles. The molecule has 1 N–H and O–H groups in total. The third-order valence-corrected chi connectivity index (χ3v) is 5.98. The number of aromatic amines is 1. The number of likely N-dealkylation sites (tertiary alicyclic amines) is 2. The fourth-order valence-corrected chi connectivity index (χ4v) is 4.37. The minimum Gasteiger partial charge on any atom is -0.342 e. The summed E-state index contributed by atoms with van der Waals surface area (Å²) in [5.74, 6) is 0.960. The number of nitrogens with one attached hydrogen (secondary N) is 1. The number of aryl methyl sites for hydroxylation is 1. The van der Waals surface area contributed by atoms with E-state index in [1.54, 1.807) is 6.20 Å². The lowest BCUT2D eigenvalue weighted by atomic mass is 9.73. The number of H-pyrrole nitrogens is 1. The molecule has 0 unspecified atom stereocenters. The molecular weight excluding hydrogens is 328 g/mol. The number of piperidine rings is 2. The van der Waals surface area contributed by atoms with Crippen LogP contribution in [0.5, 0.6) is 0 Å². The summed E-state index contributed by atoms with van der Waals surface area (Å²) < 4.78 is 0. The van der Waals surface area contributed by atoms with Gasteiger partial charge < -0.3 is 9.80 Å². The van der Waals surface area contributed by atoms with Crippen molar-refractivity contribution in [3.8, 4) is 0 Å². The first-order valence-corrected chi connectivity index (χ1v) is 10.0. The summed E-state index contributed by atoms with van der Waals surface area (Å²) in [6.45, 7) is 9.62.